The van der Waals surface area contributed by atoms with Crippen molar-refractivity contribution in [2.75, 3.05) is 19.7 Å². The zero-order valence-electron chi connectivity index (χ0n) is 12.9. The molecule has 2 aliphatic heterocycles. The lowest BCUT2D eigenvalue weighted by Crippen LogP contribution is -2.50. The van der Waals surface area contributed by atoms with Gasteiger partial charge >= 0.3 is 0 Å². The molecule has 3 nitrogen and oxygen atoms in total. The smallest absolute Gasteiger partial charge is 0.187 e. The number of piperidine rings is 1. The summed E-state index contributed by atoms with van der Waals surface area (Å²) in [6.07, 6.45) is 2.35. The maximum absolute atomic E-state index is 12.9. The number of ether oxygens (including phenoxy) is 1. The van der Waals surface area contributed by atoms with Crippen molar-refractivity contribution in [3.8, 4) is 5.75 Å². The third-order valence-electron chi connectivity index (χ3n) is 4.99. The number of ketones is 1. The second-order valence-corrected chi connectivity index (χ2v) is 7.25. The van der Waals surface area contributed by atoms with Crippen molar-refractivity contribution in [2.45, 2.75) is 39.7 Å². The Hall–Kier alpha value is -0.870. The predicted octanol–water partition coefficient (Wildman–Crippen LogP) is 3.74. The van der Waals surface area contributed by atoms with Crippen LogP contribution in [-0.2, 0) is 0 Å². The van der Waals surface area contributed by atoms with E-state index in [1.165, 1.54) is 12.8 Å². The fraction of sp³-hybridized carbons (Fsp3) is 0.588. The Balaban J connectivity index is 1.89. The molecule has 0 spiro atoms. The second-order valence-electron chi connectivity index (χ2n) is 6.39. The van der Waals surface area contributed by atoms with Gasteiger partial charge in [0.05, 0.1) is 5.56 Å². The van der Waals surface area contributed by atoms with Crippen LogP contribution < -0.4 is 4.74 Å². The molecular formula is C17H22BrNO2. The molecule has 0 radical (unpaired) electrons. The minimum Gasteiger partial charge on any atom is -0.490 e. The van der Waals surface area contributed by atoms with Gasteiger partial charge in [-0.3, -0.25) is 9.69 Å². The van der Waals surface area contributed by atoms with Gasteiger partial charge in [-0.15, -0.1) is 0 Å². The molecule has 0 aliphatic carbocycles. The Morgan fingerprint density at radius 3 is 2.57 bits per heavy atom. The molecule has 1 saturated heterocycles. The molecule has 1 aromatic rings. The number of hydrogen-bond acceptors (Lipinski definition) is 3. The Kier molecular flexibility index (Phi) is 4.10. The third kappa shape index (κ3) is 2.64. The minimum absolute atomic E-state index is 0.112. The summed E-state index contributed by atoms with van der Waals surface area (Å²) in [5.41, 5.74) is 2.95. The number of halogens is 1. The largest absolute Gasteiger partial charge is 0.490 e. The summed E-state index contributed by atoms with van der Waals surface area (Å²) < 4.78 is 6.96. The molecule has 0 bridgehead atoms. The van der Waals surface area contributed by atoms with E-state index in [2.05, 4.69) is 27.8 Å². The molecule has 1 aromatic carbocycles. The van der Waals surface area contributed by atoms with Crippen molar-refractivity contribution in [1.29, 1.82) is 0 Å². The summed E-state index contributed by atoms with van der Waals surface area (Å²) in [7, 11) is 0. The van der Waals surface area contributed by atoms with Gasteiger partial charge in [0.2, 0.25) is 0 Å². The highest BCUT2D eigenvalue weighted by Crippen LogP contribution is 2.36. The maximum atomic E-state index is 12.9. The van der Waals surface area contributed by atoms with E-state index in [1.807, 2.05) is 19.9 Å². The maximum Gasteiger partial charge on any atom is 0.187 e. The number of rotatable bonds is 1. The lowest BCUT2D eigenvalue weighted by Gasteiger charge is -2.38. The van der Waals surface area contributed by atoms with E-state index in [1.54, 1.807) is 0 Å². The average molecular weight is 352 g/mol. The van der Waals surface area contributed by atoms with Crippen LogP contribution in [0, 0.1) is 19.8 Å². The summed E-state index contributed by atoms with van der Waals surface area (Å²) in [6, 6.07) is 1.82. The number of nitrogens with zero attached hydrogens (tertiary/aromatic N) is 1. The Morgan fingerprint density at radius 2 is 1.90 bits per heavy atom. The molecule has 2 aliphatic rings. The van der Waals surface area contributed by atoms with Crippen LogP contribution in [0.3, 0.4) is 0 Å². The van der Waals surface area contributed by atoms with E-state index in [0.29, 0.717) is 6.61 Å². The number of likely N-dealkylation sites (tertiary alicyclic amines) is 1. The molecule has 114 valence electrons. The van der Waals surface area contributed by atoms with Gasteiger partial charge in [0, 0.05) is 4.47 Å². The molecule has 1 atom stereocenters. The molecule has 0 N–H and O–H groups in total. The van der Waals surface area contributed by atoms with Gasteiger partial charge in [0.1, 0.15) is 18.4 Å². The highest BCUT2D eigenvalue weighted by atomic mass is 79.9. The van der Waals surface area contributed by atoms with Gasteiger partial charge in [-0.05, 0) is 62.9 Å². The number of benzene rings is 1. The molecule has 3 rings (SSSR count). The highest BCUT2D eigenvalue weighted by Gasteiger charge is 2.36. The summed E-state index contributed by atoms with van der Waals surface area (Å²) in [5.74, 6) is 1.77. The van der Waals surface area contributed by atoms with E-state index in [-0.39, 0.29) is 11.8 Å². The molecule has 0 saturated carbocycles. The van der Waals surface area contributed by atoms with Crippen LogP contribution in [-0.4, -0.2) is 36.4 Å². The molecule has 0 aromatic heterocycles. The number of Topliss-reactive ketones (excluding diaryl/α,β-unsaturated/α-hetero) is 1. The van der Waals surface area contributed by atoms with Crippen LogP contribution in [0.4, 0.5) is 0 Å². The lowest BCUT2D eigenvalue weighted by atomic mass is 9.92. The number of fused-ring (bicyclic) bond motifs is 1. The normalized spacial score (nSPS) is 23.8. The molecule has 2 heterocycles. The Labute approximate surface area is 134 Å². The van der Waals surface area contributed by atoms with Crippen LogP contribution in [0.1, 0.15) is 41.3 Å². The zero-order valence-corrected chi connectivity index (χ0v) is 14.5. The number of hydrogen-bond donors (Lipinski definition) is 0. The first kappa shape index (κ1) is 15.0. The van der Waals surface area contributed by atoms with Crippen molar-refractivity contribution >= 4 is 21.7 Å². The van der Waals surface area contributed by atoms with E-state index in [0.717, 1.165) is 45.9 Å². The van der Waals surface area contributed by atoms with Crippen LogP contribution in [0.25, 0.3) is 0 Å². The molecule has 1 unspecified atom stereocenters. The monoisotopic (exact) mass is 351 g/mol. The van der Waals surface area contributed by atoms with Crippen molar-refractivity contribution in [2.24, 2.45) is 5.92 Å². The van der Waals surface area contributed by atoms with E-state index in [9.17, 15) is 4.79 Å². The number of carbonyl (C=O) groups is 1. The van der Waals surface area contributed by atoms with E-state index in [4.69, 9.17) is 4.74 Å². The van der Waals surface area contributed by atoms with Gasteiger partial charge in [-0.25, -0.2) is 0 Å². The Bertz CT molecular complexity index is 577. The molecule has 21 heavy (non-hydrogen) atoms. The van der Waals surface area contributed by atoms with Crippen molar-refractivity contribution < 1.29 is 9.53 Å². The standard InChI is InChI=1S/C17H22BrNO2/c1-10-4-6-19(7-5-10)15-9-21-17-12(3)11(2)14(18)8-13(17)16(15)20/h8,10,15H,4-7,9H2,1-3H3. The van der Waals surface area contributed by atoms with Crippen LogP contribution in [0.15, 0.2) is 10.5 Å². The van der Waals surface area contributed by atoms with Crippen molar-refractivity contribution in [1.82, 2.24) is 4.90 Å². The van der Waals surface area contributed by atoms with Gasteiger partial charge in [0.15, 0.2) is 5.78 Å². The number of carbonyl (C=O) groups excluding carboxylic acids is 1. The third-order valence-corrected chi connectivity index (χ3v) is 5.81. The first-order valence-corrected chi connectivity index (χ1v) is 8.49. The first-order valence-electron chi connectivity index (χ1n) is 7.69. The summed E-state index contributed by atoms with van der Waals surface area (Å²) >= 11 is 3.56. The summed E-state index contributed by atoms with van der Waals surface area (Å²) in [4.78, 5) is 15.2. The molecule has 4 heteroatoms. The second kappa shape index (κ2) is 5.73. The van der Waals surface area contributed by atoms with Gasteiger partial charge in [0.25, 0.3) is 0 Å². The predicted molar refractivity (Wildman–Crippen MR) is 87.2 cm³/mol. The van der Waals surface area contributed by atoms with Crippen LogP contribution in [0.5, 0.6) is 5.75 Å². The zero-order chi connectivity index (χ0) is 15.1. The fourth-order valence-corrected chi connectivity index (χ4v) is 3.78. The quantitative estimate of drug-likeness (QED) is 0.771. The van der Waals surface area contributed by atoms with Gasteiger partial charge in [-0.1, -0.05) is 22.9 Å². The first-order chi connectivity index (χ1) is 9.99. The minimum atomic E-state index is -0.112. The van der Waals surface area contributed by atoms with Crippen molar-refractivity contribution in [3.05, 3.63) is 27.2 Å². The summed E-state index contributed by atoms with van der Waals surface area (Å²) in [6.45, 7) is 8.85. The lowest BCUT2D eigenvalue weighted by molar-refractivity contribution is 0.0578. The van der Waals surface area contributed by atoms with Gasteiger partial charge < -0.3 is 4.74 Å². The molecular weight excluding hydrogens is 330 g/mol. The fourth-order valence-electron chi connectivity index (χ4n) is 3.25. The van der Waals surface area contributed by atoms with Gasteiger partial charge in [-0.2, -0.15) is 0 Å². The SMILES string of the molecule is Cc1c(Br)cc2c(c1C)OCC(N1CCC(C)CC1)C2=O. The molecule has 1 fully saturated rings. The van der Waals surface area contributed by atoms with Crippen LogP contribution in [0.2, 0.25) is 0 Å². The Morgan fingerprint density at radius 1 is 1.24 bits per heavy atom. The van der Waals surface area contributed by atoms with E-state index >= 15 is 0 Å². The topological polar surface area (TPSA) is 29.5 Å². The van der Waals surface area contributed by atoms with Crippen molar-refractivity contribution in [3.63, 3.8) is 0 Å². The van der Waals surface area contributed by atoms with Crippen LogP contribution >= 0.6 is 15.9 Å². The van der Waals surface area contributed by atoms with E-state index < -0.39 is 0 Å². The highest BCUT2D eigenvalue weighted by molar-refractivity contribution is 9.10. The molecule has 0 amide bonds. The average Bonchev–Trinajstić information content (AvgIpc) is 2.47. The summed E-state index contributed by atoms with van der Waals surface area (Å²) in [5, 5.41) is 0.